The SMILES string of the molecule is Cc1csc(Oc2cc(Cl)cc(C(C)C(=O)O)c2)n1. The molecule has 19 heavy (non-hydrogen) atoms. The van der Waals surface area contributed by atoms with Crippen molar-refractivity contribution in [2.45, 2.75) is 19.8 Å². The number of halogens is 1. The van der Waals surface area contributed by atoms with Crippen LogP contribution in [0.2, 0.25) is 5.02 Å². The molecule has 1 unspecified atom stereocenters. The van der Waals surface area contributed by atoms with Crippen molar-refractivity contribution in [3.05, 3.63) is 39.9 Å². The molecule has 0 radical (unpaired) electrons. The highest BCUT2D eigenvalue weighted by molar-refractivity contribution is 7.11. The number of benzene rings is 1. The molecule has 0 aliphatic carbocycles. The van der Waals surface area contributed by atoms with Gasteiger partial charge in [-0.15, -0.1) is 0 Å². The van der Waals surface area contributed by atoms with E-state index in [0.717, 1.165) is 5.69 Å². The summed E-state index contributed by atoms with van der Waals surface area (Å²) in [6.45, 7) is 3.48. The Morgan fingerprint density at radius 3 is 2.79 bits per heavy atom. The first-order valence-electron chi connectivity index (χ1n) is 5.59. The molecule has 0 saturated carbocycles. The van der Waals surface area contributed by atoms with E-state index < -0.39 is 11.9 Å². The van der Waals surface area contributed by atoms with Crippen molar-refractivity contribution in [3.63, 3.8) is 0 Å². The van der Waals surface area contributed by atoms with Crippen LogP contribution in [-0.2, 0) is 4.79 Å². The van der Waals surface area contributed by atoms with Crippen molar-refractivity contribution in [2.24, 2.45) is 0 Å². The van der Waals surface area contributed by atoms with Crippen LogP contribution < -0.4 is 4.74 Å². The number of aryl methyl sites for hydroxylation is 1. The molecule has 6 heteroatoms. The third-order valence-electron chi connectivity index (χ3n) is 2.57. The fourth-order valence-corrected chi connectivity index (χ4v) is 2.41. The van der Waals surface area contributed by atoms with Gasteiger partial charge < -0.3 is 9.84 Å². The van der Waals surface area contributed by atoms with Crippen LogP contribution >= 0.6 is 22.9 Å². The Balaban J connectivity index is 2.28. The molecular weight excluding hydrogens is 286 g/mol. The number of carboxylic acid groups (broad SMARTS) is 1. The zero-order chi connectivity index (χ0) is 14.0. The molecule has 0 aliphatic heterocycles. The van der Waals surface area contributed by atoms with Gasteiger partial charge in [0.1, 0.15) is 5.75 Å². The number of hydrogen-bond acceptors (Lipinski definition) is 4. The maximum Gasteiger partial charge on any atom is 0.310 e. The Bertz CT molecular complexity index is 612. The molecule has 0 aliphatic rings. The number of hydrogen-bond donors (Lipinski definition) is 1. The first kappa shape index (κ1) is 13.8. The lowest BCUT2D eigenvalue weighted by Crippen LogP contribution is -2.07. The Kier molecular flexibility index (Phi) is 4.07. The topological polar surface area (TPSA) is 59.4 Å². The summed E-state index contributed by atoms with van der Waals surface area (Å²) >= 11 is 7.36. The van der Waals surface area contributed by atoms with Crippen LogP contribution in [0, 0.1) is 6.92 Å². The van der Waals surface area contributed by atoms with Gasteiger partial charge >= 0.3 is 5.97 Å². The van der Waals surface area contributed by atoms with E-state index in [4.69, 9.17) is 21.4 Å². The van der Waals surface area contributed by atoms with Gasteiger partial charge in [0.05, 0.1) is 11.6 Å². The predicted octanol–water partition coefficient (Wildman–Crippen LogP) is 4.09. The Labute approximate surface area is 119 Å². The van der Waals surface area contributed by atoms with E-state index in [1.807, 2.05) is 12.3 Å². The van der Waals surface area contributed by atoms with E-state index in [1.54, 1.807) is 25.1 Å². The lowest BCUT2D eigenvalue weighted by molar-refractivity contribution is -0.138. The van der Waals surface area contributed by atoms with Crippen molar-refractivity contribution in [2.75, 3.05) is 0 Å². The van der Waals surface area contributed by atoms with Gasteiger partial charge in [-0.25, -0.2) is 4.98 Å². The molecule has 1 atom stereocenters. The van der Waals surface area contributed by atoms with Crippen molar-refractivity contribution >= 4 is 28.9 Å². The van der Waals surface area contributed by atoms with Gasteiger partial charge in [-0.05, 0) is 37.6 Å². The van der Waals surface area contributed by atoms with Crippen LogP contribution in [0.3, 0.4) is 0 Å². The van der Waals surface area contributed by atoms with Gasteiger partial charge in [-0.2, -0.15) is 0 Å². The Morgan fingerprint density at radius 2 is 2.21 bits per heavy atom. The van der Waals surface area contributed by atoms with E-state index in [-0.39, 0.29) is 0 Å². The van der Waals surface area contributed by atoms with Gasteiger partial charge in [0.2, 0.25) is 0 Å². The van der Waals surface area contributed by atoms with Gasteiger partial charge in [0.15, 0.2) is 0 Å². The van der Waals surface area contributed by atoms with E-state index >= 15 is 0 Å². The normalized spacial score (nSPS) is 12.2. The molecule has 1 aromatic carbocycles. The summed E-state index contributed by atoms with van der Waals surface area (Å²) in [5.74, 6) is -1.05. The maximum atomic E-state index is 11.0. The van der Waals surface area contributed by atoms with Crippen LogP contribution in [0.15, 0.2) is 23.6 Å². The maximum absolute atomic E-state index is 11.0. The molecule has 1 N–H and O–H groups in total. The summed E-state index contributed by atoms with van der Waals surface area (Å²) in [5.41, 5.74) is 1.48. The molecule has 1 aromatic heterocycles. The lowest BCUT2D eigenvalue weighted by atomic mass is 10.0. The van der Waals surface area contributed by atoms with Gasteiger partial charge in [-0.3, -0.25) is 4.79 Å². The number of ether oxygens (including phenoxy) is 1. The minimum absolute atomic E-state index is 0.439. The average molecular weight is 298 g/mol. The second-order valence-electron chi connectivity index (χ2n) is 4.14. The summed E-state index contributed by atoms with van der Waals surface area (Å²) in [4.78, 5) is 15.2. The molecule has 0 bridgehead atoms. The summed E-state index contributed by atoms with van der Waals surface area (Å²) in [6, 6.07) is 4.93. The second kappa shape index (κ2) is 5.59. The molecule has 4 nitrogen and oxygen atoms in total. The predicted molar refractivity (Wildman–Crippen MR) is 74.4 cm³/mol. The van der Waals surface area contributed by atoms with Crippen LogP contribution in [0.5, 0.6) is 10.9 Å². The lowest BCUT2D eigenvalue weighted by Gasteiger charge is -2.09. The quantitative estimate of drug-likeness (QED) is 0.923. The number of aromatic nitrogens is 1. The zero-order valence-corrected chi connectivity index (χ0v) is 12.0. The van der Waals surface area contributed by atoms with Crippen molar-refractivity contribution in [3.8, 4) is 10.9 Å². The van der Waals surface area contributed by atoms with Crippen LogP contribution in [0.1, 0.15) is 24.1 Å². The summed E-state index contributed by atoms with van der Waals surface area (Å²) in [7, 11) is 0. The fourth-order valence-electron chi connectivity index (χ4n) is 1.52. The molecule has 100 valence electrons. The second-order valence-corrected chi connectivity index (χ2v) is 5.39. The minimum Gasteiger partial charge on any atom is -0.481 e. The molecule has 1 heterocycles. The van der Waals surface area contributed by atoms with E-state index in [9.17, 15) is 4.79 Å². The van der Waals surface area contributed by atoms with Crippen molar-refractivity contribution < 1.29 is 14.6 Å². The van der Waals surface area contributed by atoms with E-state index in [2.05, 4.69) is 4.98 Å². The third kappa shape index (κ3) is 3.45. The third-order valence-corrected chi connectivity index (χ3v) is 3.62. The average Bonchev–Trinajstić information content (AvgIpc) is 2.72. The van der Waals surface area contributed by atoms with Gasteiger partial charge in [-0.1, -0.05) is 22.9 Å². The number of carboxylic acids is 1. The molecule has 0 fully saturated rings. The smallest absolute Gasteiger partial charge is 0.310 e. The zero-order valence-electron chi connectivity index (χ0n) is 10.4. The molecule has 2 rings (SSSR count). The number of aliphatic carboxylic acids is 1. The number of rotatable bonds is 4. The van der Waals surface area contributed by atoms with Crippen molar-refractivity contribution in [1.82, 2.24) is 4.98 Å². The number of carbonyl (C=O) groups is 1. The van der Waals surface area contributed by atoms with Crippen LogP contribution in [0.4, 0.5) is 0 Å². The van der Waals surface area contributed by atoms with Crippen LogP contribution in [-0.4, -0.2) is 16.1 Å². The largest absolute Gasteiger partial charge is 0.481 e. The van der Waals surface area contributed by atoms with E-state index in [0.29, 0.717) is 21.5 Å². The van der Waals surface area contributed by atoms with Gasteiger partial charge in [0.25, 0.3) is 5.19 Å². The standard InChI is InChI=1S/C13H12ClNO3S/c1-7-6-19-13(15-7)18-11-4-9(3-10(14)5-11)8(2)12(16)17/h3-6,8H,1-2H3,(H,16,17). The summed E-state index contributed by atoms with van der Waals surface area (Å²) in [5, 5.41) is 11.8. The molecule has 0 spiro atoms. The summed E-state index contributed by atoms with van der Waals surface area (Å²) in [6.07, 6.45) is 0. The highest BCUT2D eigenvalue weighted by Gasteiger charge is 2.16. The fraction of sp³-hybridized carbons (Fsp3) is 0.231. The Morgan fingerprint density at radius 1 is 1.47 bits per heavy atom. The highest BCUT2D eigenvalue weighted by Crippen LogP contribution is 2.30. The Hall–Kier alpha value is -1.59. The van der Waals surface area contributed by atoms with Crippen LogP contribution in [0.25, 0.3) is 0 Å². The molecular formula is C13H12ClNO3S. The number of thiazole rings is 1. The first-order valence-corrected chi connectivity index (χ1v) is 6.85. The van der Waals surface area contributed by atoms with E-state index in [1.165, 1.54) is 11.3 Å². The molecule has 2 aromatic rings. The molecule has 0 amide bonds. The monoisotopic (exact) mass is 297 g/mol. The highest BCUT2D eigenvalue weighted by atomic mass is 35.5. The van der Waals surface area contributed by atoms with Crippen molar-refractivity contribution in [1.29, 1.82) is 0 Å². The first-order chi connectivity index (χ1) is 8.95. The summed E-state index contributed by atoms with van der Waals surface area (Å²) < 4.78 is 5.58. The minimum atomic E-state index is -0.904. The number of nitrogens with zero attached hydrogens (tertiary/aromatic N) is 1. The molecule has 0 saturated heterocycles. The van der Waals surface area contributed by atoms with Gasteiger partial charge in [0, 0.05) is 10.4 Å².